The predicted octanol–water partition coefficient (Wildman–Crippen LogP) is 5.18. The molecule has 4 saturated carbocycles. The van der Waals surface area contributed by atoms with Crippen molar-refractivity contribution in [1.29, 1.82) is 0 Å². The number of rotatable bonds is 5. The molecule has 0 unspecified atom stereocenters. The Kier molecular flexibility index (Phi) is 5.69. The summed E-state index contributed by atoms with van der Waals surface area (Å²) in [4.78, 5) is 0. The Hall–Kier alpha value is -0.120. The van der Waals surface area contributed by atoms with Crippen LogP contribution in [-0.2, 0) is 4.74 Å². The van der Waals surface area contributed by atoms with Gasteiger partial charge >= 0.3 is 0 Å². The fraction of sp³-hybridized carbons (Fsp3) is 1.00. The Balaban J connectivity index is 1.52. The fourth-order valence-electron chi connectivity index (χ4n) is 8.70. The molecule has 0 aromatic heterocycles. The molecule has 4 aliphatic carbocycles. The second-order valence-corrected chi connectivity index (χ2v) is 11.4. The Labute approximate surface area is 172 Å². The van der Waals surface area contributed by atoms with Crippen LogP contribution in [0, 0.1) is 40.4 Å². The lowest BCUT2D eigenvalue weighted by Crippen LogP contribution is -2.57. The fourth-order valence-corrected chi connectivity index (χ4v) is 8.70. The third kappa shape index (κ3) is 3.19. The first-order chi connectivity index (χ1) is 13.3. The molecule has 28 heavy (non-hydrogen) atoms. The van der Waals surface area contributed by atoms with Gasteiger partial charge in [0.25, 0.3) is 0 Å². The van der Waals surface area contributed by atoms with Crippen LogP contribution in [0.3, 0.4) is 0 Å². The van der Waals surface area contributed by atoms with Gasteiger partial charge in [-0.2, -0.15) is 0 Å². The number of aliphatic hydroxyl groups excluding tert-OH is 1. The summed E-state index contributed by atoms with van der Waals surface area (Å²) < 4.78 is 5.64. The minimum Gasteiger partial charge on any atom is -0.393 e. The number of hydrogen-bond acceptors (Lipinski definition) is 3. The van der Waals surface area contributed by atoms with Gasteiger partial charge in [-0.3, -0.25) is 0 Å². The Morgan fingerprint density at radius 1 is 0.929 bits per heavy atom. The van der Waals surface area contributed by atoms with Gasteiger partial charge in [-0.25, -0.2) is 0 Å². The third-order valence-electron chi connectivity index (χ3n) is 10.4. The van der Waals surface area contributed by atoms with Crippen LogP contribution in [0.4, 0.5) is 0 Å². The van der Waals surface area contributed by atoms with E-state index in [0.717, 1.165) is 43.4 Å². The summed E-state index contributed by atoms with van der Waals surface area (Å²) in [5.41, 5.74) is 0.147. The topological polar surface area (TPSA) is 49.7 Å². The number of fused-ring (bicyclic) bond motifs is 5. The van der Waals surface area contributed by atoms with Crippen LogP contribution >= 0.6 is 0 Å². The van der Waals surface area contributed by atoms with Crippen molar-refractivity contribution in [2.24, 2.45) is 40.4 Å². The first-order valence-electron chi connectivity index (χ1n) is 12.3. The van der Waals surface area contributed by atoms with Crippen molar-refractivity contribution in [2.45, 2.75) is 104 Å². The Morgan fingerprint density at radius 2 is 1.68 bits per heavy atom. The normalized spacial score (nSPS) is 51.9. The van der Waals surface area contributed by atoms with Crippen LogP contribution in [0.1, 0.15) is 91.9 Å². The van der Waals surface area contributed by atoms with E-state index in [0.29, 0.717) is 35.9 Å². The van der Waals surface area contributed by atoms with Gasteiger partial charge < -0.3 is 14.9 Å². The SMILES string of the molecule is CCOC[C@@]1(O)CC[C@@]2(C)[C@H](CC[C@@H]3[C@@H]2CC[C@]2(C)[C@@H]([C@H](O)CC)CC[C@@H]32)C1. The highest BCUT2D eigenvalue weighted by Gasteiger charge is 2.61. The van der Waals surface area contributed by atoms with E-state index in [2.05, 4.69) is 20.8 Å². The van der Waals surface area contributed by atoms with Gasteiger partial charge in [-0.15, -0.1) is 0 Å². The van der Waals surface area contributed by atoms with Crippen molar-refractivity contribution in [3.63, 3.8) is 0 Å². The molecule has 0 radical (unpaired) electrons. The van der Waals surface area contributed by atoms with E-state index in [1.807, 2.05) is 6.92 Å². The average Bonchev–Trinajstić information content (AvgIpc) is 3.04. The first kappa shape index (κ1) is 21.1. The standard InChI is InChI=1S/C25H44O3/c1-5-22(26)21-10-9-19-18-8-7-17-15-25(27,16-28-6-2)14-13-23(17,3)20(18)11-12-24(19,21)4/h17-22,26-27H,5-16H2,1-4H3/t17-,18+,19+,20+,21-,22-,23+,24+,25-/m1/s1. The molecular formula is C25H44O3. The lowest BCUT2D eigenvalue weighted by Gasteiger charge is -2.62. The molecule has 3 nitrogen and oxygen atoms in total. The van der Waals surface area contributed by atoms with Crippen LogP contribution < -0.4 is 0 Å². The van der Waals surface area contributed by atoms with Gasteiger partial charge in [-0.1, -0.05) is 20.8 Å². The summed E-state index contributed by atoms with van der Waals surface area (Å²) in [6.45, 7) is 10.4. The number of aliphatic hydroxyl groups is 2. The summed E-state index contributed by atoms with van der Waals surface area (Å²) in [7, 11) is 0. The number of hydrogen-bond donors (Lipinski definition) is 2. The zero-order chi connectivity index (χ0) is 20.2. The number of ether oxygens (including phenoxy) is 1. The van der Waals surface area contributed by atoms with E-state index in [-0.39, 0.29) is 6.10 Å². The maximum absolute atomic E-state index is 11.1. The summed E-state index contributed by atoms with van der Waals surface area (Å²) >= 11 is 0. The lowest BCUT2D eigenvalue weighted by molar-refractivity contribution is -0.167. The van der Waals surface area contributed by atoms with E-state index < -0.39 is 5.60 Å². The molecule has 4 rings (SSSR count). The molecule has 3 heteroatoms. The molecule has 0 bridgehead atoms. The van der Waals surface area contributed by atoms with Gasteiger partial charge in [-0.05, 0) is 112 Å². The second-order valence-electron chi connectivity index (χ2n) is 11.4. The van der Waals surface area contributed by atoms with Crippen molar-refractivity contribution in [2.75, 3.05) is 13.2 Å². The molecular weight excluding hydrogens is 348 g/mol. The molecule has 4 aliphatic rings. The van der Waals surface area contributed by atoms with Gasteiger partial charge in [0.15, 0.2) is 0 Å². The molecule has 0 aliphatic heterocycles. The molecule has 0 amide bonds. The quantitative estimate of drug-likeness (QED) is 0.677. The highest BCUT2D eigenvalue weighted by atomic mass is 16.5. The summed E-state index contributed by atoms with van der Waals surface area (Å²) in [6.07, 6.45) is 11.6. The van der Waals surface area contributed by atoms with Crippen molar-refractivity contribution < 1.29 is 14.9 Å². The zero-order valence-electron chi connectivity index (χ0n) is 18.8. The van der Waals surface area contributed by atoms with Crippen molar-refractivity contribution >= 4 is 0 Å². The van der Waals surface area contributed by atoms with Crippen LogP contribution in [0.15, 0.2) is 0 Å². The molecule has 9 atom stereocenters. The molecule has 0 heterocycles. The van der Waals surface area contributed by atoms with E-state index in [1.54, 1.807) is 0 Å². The van der Waals surface area contributed by atoms with Crippen molar-refractivity contribution in [3.05, 3.63) is 0 Å². The molecule has 2 N–H and O–H groups in total. The van der Waals surface area contributed by atoms with E-state index >= 15 is 0 Å². The molecule has 0 spiro atoms. The molecule has 4 fully saturated rings. The third-order valence-corrected chi connectivity index (χ3v) is 10.4. The van der Waals surface area contributed by atoms with Crippen LogP contribution in [0.25, 0.3) is 0 Å². The van der Waals surface area contributed by atoms with Gasteiger partial charge in [0.1, 0.15) is 0 Å². The van der Waals surface area contributed by atoms with Crippen molar-refractivity contribution in [1.82, 2.24) is 0 Å². The zero-order valence-corrected chi connectivity index (χ0v) is 18.8. The molecule has 0 aromatic rings. The average molecular weight is 393 g/mol. The summed E-state index contributed by atoms with van der Waals surface area (Å²) in [5, 5.41) is 21.8. The highest BCUT2D eigenvalue weighted by molar-refractivity contribution is 5.11. The minimum absolute atomic E-state index is 0.110. The van der Waals surface area contributed by atoms with Crippen LogP contribution in [0.5, 0.6) is 0 Å². The molecule has 0 aromatic carbocycles. The van der Waals surface area contributed by atoms with Gasteiger partial charge in [0, 0.05) is 6.61 Å². The minimum atomic E-state index is -0.597. The molecule has 0 saturated heterocycles. The van der Waals surface area contributed by atoms with Crippen LogP contribution in [-0.4, -0.2) is 35.1 Å². The lowest BCUT2D eigenvalue weighted by atomic mass is 9.44. The maximum atomic E-state index is 11.1. The van der Waals surface area contributed by atoms with Crippen LogP contribution in [0.2, 0.25) is 0 Å². The smallest absolute Gasteiger partial charge is 0.0883 e. The second kappa shape index (κ2) is 7.54. The largest absolute Gasteiger partial charge is 0.393 e. The Bertz CT molecular complexity index is 564. The highest BCUT2D eigenvalue weighted by Crippen LogP contribution is 2.68. The van der Waals surface area contributed by atoms with E-state index in [9.17, 15) is 10.2 Å². The first-order valence-corrected chi connectivity index (χ1v) is 12.3. The van der Waals surface area contributed by atoms with E-state index in [4.69, 9.17) is 4.74 Å². The summed E-state index contributed by atoms with van der Waals surface area (Å²) in [6, 6.07) is 0. The predicted molar refractivity (Wildman–Crippen MR) is 113 cm³/mol. The maximum Gasteiger partial charge on any atom is 0.0883 e. The van der Waals surface area contributed by atoms with Gasteiger partial charge in [0.2, 0.25) is 0 Å². The van der Waals surface area contributed by atoms with Crippen molar-refractivity contribution in [3.8, 4) is 0 Å². The van der Waals surface area contributed by atoms with E-state index in [1.165, 1.54) is 38.5 Å². The monoisotopic (exact) mass is 392 g/mol. The Morgan fingerprint density at radius 3 is 2.39 bits per heavy atom. The molecule has 162 valence electrons. The summed E-state index contributed by atoms with van der Waals surface area (Å²) in [5.74, 6) is 3.62. The van der Waals surface area contributed by atoms with Gasteiger partial charge in [0.05, 0.1) is 18.3 Å².